The van der Waals surface area contributed by atoms with E-state index in [0.717, 1.165) is 5.57 Å². The summed E-state index contributed by atoms with van der Waals surface area (Å²) in [5.74, 6) is -0.0290. The van der Waals surface area contributed by atoms with Crippen LogP contribution in [0.4, 0.5) is 10.5 Å². The molecule has 0 saturated carbocycles. The lowest BCUT2D eigenvalue weighted by Gasteiger charge is -2.14. The lowest BCUT2D eigenvalue weighted by Crippen LogP contribution is -2.29. The van der Waals surface area contributed by atoms with Crippen molar-refractivity contribution in [1.29, 1.82) is 0 Å². The van der Waals surface area contributed by atoms with Crippen LogP contribution in [0.1, 0.15) is 50.9 Å². The molecule has 0 radical (unpaired) electrons. The van der Waals surface area contributed by atoms with E-state index in [1.54, 1.807) is 37.4 Å². The van der Waals surface area contributed by atoms with Gasteiger partial charge in [0.05, 0.1) is 5.76 Å². The first-order chi connectivity index (χ1) is 13.9. The number of urea groups is 1. The number of amides is 3. The summed E-state index contributed by atoms with van der Waals surface area (Å²) in [6.07, 6.45) is 7.74. The third-order valence-electron chi connectivity index (χ3n) is 3.74. The smallest absolute Gasteiger partial charge is 0.323 e. The van der Waals surface area contributed by atoms with Gasteiger partial charge in [-0.2, -0.15) is 0 Å². The van der Waals surface area contributed by atoms with E-state index in [1.807, 2.05) is 33.8 Å². The SMILES string of the molecule is C=C/C=C(/O)C/C=C(CC)/C(=C\C)NC(=O)Nc1cccc(C(=O)NC)c1.CC. The second kappa shape index (κ2) is 14.7. The molecule has 0 aromatic heterocycles. The predicted octanol–water partition coefficient (Wildman–Crippen LogP) is 5.45. The highest BCUT2D eigenvalue weighted by molar-refractivity contribution is 5.97. The van der Waals surface area contributed by atoms with E-state index in [0.29, 0.717) is 29.8 Å². The Morgan fingerprint density at radius 3 is 2.48 bits per heavy atom. The van der Waals surface area contributed by atoms with Gasteiger partial charge in [0, 0.05) is 30.4 Å². The minimum Gasteiger partial charge on any atom is -0.512 e. The van der Waals surface area contributed by atoms with E-state index in [2.05, 4.69) is 22.5 Å². The number of carbonyl (C=O) groups excluding carboxylic acids is 2. The predicted molar refractivity (Wildman–Crippen MR) is 121 cm³/mol. The zero-order chi connectivity index (χ0) is 22.2. The van der Waals surface area contributed by atoms with Gasteiger partial charge in [0.1, 0.15) is 0 Å². The molecule has 1 aromatic rings. The monoisotopic (exact) mass is 399 g/mol. The number of nitrogens with one attached hydrogen (secondary N) is 3. The Morgan fingerprint density at radius 1 is 1.24 bits per heavy atom. The molecule has 1 rings (SSSR count). The number of aliphatic hydroxyl groups excluding tert-OH is 1. The Balaban J connectivity index is 0.00000379. The lowest BCUT2D eigenvalue weighted by molar-refractivity contribution is 0.0963. The van der Waals surface area contributed by atoms with Crippen molar-refractivity contribution in [2.45, 2.75) is 40.5 Å². The Kier molecular flexibility index (Phi) is 13.1. The number of anilines is 1. The van der Waals surface area contributed by atoms with Crippen molar-refractivity contribution in [2.24, 2.45) is 0 Å². The number of aliphatic hydroxyl groups is 1. The first-order valence-electron chi connectivity index (χ1n) is 9.71. The molecule has 0 aliphatic carbocycles. The van der Waals surface area contributed by atoms with Crippen LogP contribution in [-0.4, -0.2) is 24.1 Å². The summed E-state index contributed by atoms with van der Waals surface area (Å²) in [5.41, 5.74) is 2.53. The average molecular weight is 400 g/mol. The molecule has 0 heterocycles. The van der Waals surface area contributed by atoms with Gasteiger partial charge >= 0.3 is 6.03 Å². The van der Waals surface area contributed by atoms with Crippen molar-refractivity contribution in [3.63, 3.8) is 0 Å². The summed E-state index contributed by atoms with van der Waals surface area (Å²) in [7, 11) is 1.55. The van der Waals surface area contributed by atoms with Crippen molar-refractivity contribution >= 4 is 17.6 Å². The topological polar surface area (TPSA) is 90.5 Å². The molecule has 1 aromatic carbocycles. The molecule has 0 unspecified atom stereocenters. The summed E-state index contributed by atoms with van der Waals surface area (Å²) >= 11 is 0. The first-order valence-corrected chi connectivity index (χ1v) is 9.71. The molecule has 6 nitrogen and oxygen atoms in total. The van der Waals surface area contributed by atoms with Gasteiger partial charge in [-0.15, -0.1) is 0 Å². The van der Waals surface area contributed by atoms with Gasteiger partial charge in [-0.1, -0.05) is 51.6 Å². The van der Waals surface area contributed by atoms with Crippen LogP contribution in [-0.2, 0) is 0 Å². The number of carbonyl (C=O) groups is 2. The van der Waals surface area contributed by atoms with Crippen LogP contribution in [0.25, 0.3) is 0 Å². The van der Waals surface area contributed by atoms with Crippen LogP contribution in [0, 0.1) is 0 Å². The molecule has 29 heavy (non-hydrogen) atoms. The second-order valence-electron chi connectivity index (χ2n) is 5.62. The maximum absolute atomic E-state index is 12.3. The highest BCUT2D eigenvalue weighted by Crippen LogP contribution is 2.15. The molecule has 0 aliphatic rings. The summed E-state index contributed by atoms with van der Waals surface area (Å²) in [5, 5.41) is 17.8. The Labute approximate surface area is 174 Å². The number of hydrogen-bond acceptors (Lipinski definition) is 3. The number of rotatable bonds is 8. The number of allylic oxidation sites excluding steroid dienone is 5. The highest BCUT2D eigenvalue weighted by Gasteiger charge is 2.09. The molecule has 0 atom stereocenters. The number of hydrogen-bond donors (Lipinski definition) is 4. The van der Waals surface area contributed by atoms with E-state index >= 15 is 0 Å². The lowest BCUT2D eigenvalue weighted by atomic mass is 10.1. The van der Waals surface area contributed by atoms with Crippen molar-refractivity contribution in [3.05, 3.63) is 77.7 Å². The van der Waals surface area contributed by atoms with Gasteiger partial charge in [0.25, 0.3) is 5.91 Å². The fourth-order valence-corrected chi connectivity index (χ4v) is 2.38. The zero-order valence-electron chi connectivity index (χ0n) is 18.0. The Bertz CT molecular complexity index is 777. The maximum Gasteiger partial charge on any atom is 0.323 e. The van der Waals surface area contributed by atoms with Crippen molar-refractivity contribution in [3.8, 4) is 0 Å². The molecule has 4 N–H and O–H groups in total. The summed E-state index contributed by atoms with van der Waals surface area (Å²) in [6, 6.07) is 6.25. The third kappa shape index (κ3) is 9.46. The summed E-state index contributed by atoms with van der Waals surface area (Å²) in [4.78, 5) is 24.0. The van der Waals surface area contributed by atoms with Crippen LogP contribution < -0.4 is 16.0 Å². The first kappa shape index (κ1) is 25.7. The van der Waals surface area contributed by atoms with E-state index in [4.69, 9.17) is 0 Å². The quantitative estimate of drug-likeness (QED) is 0.346. The van der Waals surface area contributed by atoms with E-state index < -0.39 is 6.03 Å². The van der Waals surface area contributed by atoms with Gasteiger partial charge in [-0.05, 0) is 43.2 Å². The van der Waals surface area contributed by atoms with Gasteiger partial charge in [-0.3, -0.25) is 4.79 Å². The minimum absolute atomic E-state index is 0.196. The molecule has 0 saturated heterocycles. The van der Waals surface area contributed by atoms with E-state index in [1.165, 1.54) is 12.2 Å². The molecule has 0 fully saturated rings. The third-order valence-corrected chi connectivity index (χ3v) is 3.74. The molecule has 158 valence electrons. The fraction of sp³-hybridized carbons (Fsp3) is 0.304. The van der Waals surface area contributed by atoms with Gasteiger partial charge in [-0.25, -0.2) is 4.79 Å². The number of benzene rings is 1. The summed E-state index contributed by atoms with van der Waals surface area (Å²) in [6.45, 7) is 11.3. The molecular formula is C23H33N3O3. The molecule has 0 aliphatic heterocycles. The molecular weight excluding hydrogens is 366 g/mol. The second-order valence-corrected chi connectivity index (χ2v) is 5.62. The van der Waals surface area contributed by atoms with Crippen molar-refractivity contribution < 1.29 is 14.7 Å². The molecule has 6 heteroatoms. The van der Waals surface area contributed by atoms with Gasteiger partial charge in [0.15, 0.2) is 0 Å². The van der Waals surface area contributed by atoms with Crippen LogP contribution in [0.2, 0.25) is 0 Å². The van der Waals surface area contributed by atoms with Crippen molar-refractivity contribution in [1.82, 2.24) is 10.6 Å². The van der Waals surface area contributed by atoms with Crippen LogP contribution in [0.5, 0.6) is 0 Å². The van der Waals surface area contributed by atoms with Crippen LogP contribution >= 0.6 is 0 Å². The zero-order valence-corrected chi connectivity index (χ0v) is 18.0. The van der Waals surface area contributed by atoms with Crippen LogP contribution in [0.15, 0.2) is 72.2 Å². The largest absolute Gasteiger partial charge is 0.512 e. The standard InChI is InChI=1S/C21H27N3O3.C2H6/c1-5-9-18(25)13-12-15(6-2)19(7-3)24-21(27)23-17-11-8-10-16(14-17)20(26)22-4;1-2/h5,7-12,14,25H,1,6,13H2,2-4H3,(H,22,26)(H2,23,24,27);1-2H3/b15-12+,18-9+,19-7+;. The van der Waals surface area contributed by atoms with Gasteiger partial charge in [0.2, 0.25) is 0 Å². The molecule has 0 bridgehead atoms. The van der Waals surface area contributed by atoms with Crippen molar-refractivity contribution in [2.75, 3.05) is 12.4 Å². The van der Waals surface area contributed by atoms with Crippen LogP contribution in [0.3, 0.4) is 0 Å². The summed E-state index contributed by atoms with van der Waals surface area (Å²) < 4.78 is 0. The fourth-order valence-electron chi connectivity index (χ4n) is 2.38. The molecule has 3 amide bonds. The van der Waals surface area contributed by atoms with E-state index in [9.17, 15) is 14.7 Å². The normalized spacial score (nSPS) is 11.7. The Hall–Kier alpha value is -3.28. The van der Waals surface area contributed by atoms with Gasteiger partial charge < -0.3 is 21.1 Å². The highest BCUT2D eigenvalue weighted by atomic mass is 16.3. The van der Waals surface area contributed by atoms with E-state index in [-0.39, 0.29) is 11.7 Å². The maximum atomic E-state index is 12.3. The minimum atomic E-state index is -0.414. The Morgan fingerprint density at radius 2 is 1.93 bits per heavy atom. The molecule has 0 spiro atoms. The average Bonchev–Trinajstić information content (AvgIpc) is 2.74.